The number of amides is 2. The van der Waals surface area contributed by atoms with Crippen LogP contribution < -0.4 is 15.0 Å². The molecule has 2 heterocycles. The van der Waals surface area contributed by atoms with Crippen LogP contribution in [0.25, 0.3) is 0 Å². The average molecular weight is 471 g/mol. The third-order valence-corrected chi connectivity index (χ3v) is 6.47. The molecule has 1 fully saturated rings. The fourth-order valence-corrected chi connectivity index (χ4v) is 4.34. The first-order chi connectivity index (χ1) is 15.2. The van der Waals surface area contributed by atoms with Crippen LogP contribution in [-0.2, 0) is 9.59 Å². The highest BCUT2D eigenvalue weighted by Crippen LogP contribution is 2.34. The summed E-state index contributed by atoms with van der Waals surface area (Å²) in [7, 11) is 0. The van der Waals surface area contributed by atoms with E-state index in [1.165, 1.54) is 11.3 Å². The first kappa shape index (κ1) is 22.2. The quantitative estimate of drug-likeness (QED) is 0.558. The van der Waals surface area contributed by atoms with Gasteiger partial charge in [0.25, 0.3) is 5.91 Å². The minimum absolute atomic E-state index is 0.0529. The van der Waals surface area contributed by atoms with Gasteiger partial charge in [-0.15, -0.1) is 10.2 Å². The van der Waals surface area contributed by atoms with Gasteiger partial charge in [-0.05, 0) is 57.2 Å². The number of benzene rings is 2. The number of aromatic nitrogens is 2. The molecule has 1 aliphatic heterocycles. The molecule has 1 atom stereocenters. The molecule has 3 aromatic rings. The fourth-order valence-electron chi connectivity index (χ4n) is 3.39. The van der Waals surface area contributed by atoms with E-state index >= 15 is 0 Å². The van der Waals surface area contributed by atoms with E-state index in [1.54, 1.807) is 43.0 Å². The lowest BCUT2D eigenvalue weighted by molar-refractivity contribution is -0.128. The van der Waals surface area contributed by atoms with Crippen molar-refractivity contribution in [2.45, 2.75) is 38.7 Å². The molecule has 2 aromatic carbocycles. The lowest BCUT2D eigenvalue weighted by Crippen LogP contribution is -2.42. The van der Waals surface area contributed by atoms with Crippen molar-refractivity contribution in [3.63, 3.8) is 0 Å². The summed E-state index contributed by atoms with van der Waals surface area (Å²) >= 11 is 7.17. The number of nitrogens with zero attached hydrogens (tertiary/aromatic N) is 3. The number of hydrogen-bond acceptors (Lipinski definition) is 6. The van der Waals surface area contributed by atoms with Gasteiger partial charge in [-0.2, -0.15) is 0 Å². The molecule has 0 radical (unpaired) electrons. The normalized spacial score (nSPS) is 16.3. The first-order valence-electron chi connectivity index (χ1n) is 10.2. The Morgan fingerprint density at radius 3 is 2.53 bits per heavy atom. The Bertz CT molecular complexity index is 1130. The highest BCUT2D eigenvalue weighted by atomic mass is 35.5. The van der Waals surface area contributed by atoms with Crippen LogP contribution in [0.3, 0.4) is 0 Å². The van der Waals surface area contributed by atoms with Gasteiger partial charge in [0.2, 0.25) is 11.0 Å². The maximum absolute atomic E-state index is 12.8. The van der Waals surface area contributed by atoms with Gasteiger partial charge in [-0.3, -0.25) is 14.9 Å². The number of rotatable bonds is 6. The van der Waals surface area contributed by atoms with Crippen LogP contribution in [0.5, 0.6) is 5.75 Å². The second kappa shape index (κ2) is 8.88. The lowest BCUT2D eigenvalue weighted by atomic mass is 10.1. The van der Waals surface area contributed by atoms with Crippen LogP contribution in [0.4, 0.5) is 10.8 Å². The Morgan fingerprint density at radius 2 is 1.84 bits per heavy atom. The summed E-state index contributed by atoms with van der Waals surface area (Å²) in [5.41, 5.74) is 0.886. The van der Waals surface area contributed by atoms with Crippen molar-refractivity contribution in [3.8, 4) is 5.75 Å². The molecular formula is C23H23ClN4O3S. The standard InChI is InChI=1S/C23H23ClN4O3S/c1-14-4-8-17(9-5-14)28-13-15(12-19(28)29)20-26-27-22(32-20)25-21(30)23(2,3)31-18-10-6-16(24)7-11-18/h4-11,15H,12-13H2,1-3H3,(H,25,27,30). The number of carbonyl (C=O) groups excluding carboxylic acids is 2. The summed E-state index contributed by atoms with van der Waals surface area (Å²) in [6, 6.07) is 14.7. The van der Waals surface area contributed by atoms with Crippen LogP contribution in [0.2, 0.25) is 5.02 Å². The number of halogens is 1. The number of anilines is 2. The molecule has 32 heavy (non-hydrogen) atoms. The minimum atomic E-state index is -1.13. The predicted molar refractivity (Wildman–Crippen MR) is 126 cm³/mol. The summed E-state index contributed by atoms with van der Waals surface area (Å²) in [6.07, 6.45) is 0.363. The minimum Gasteiger partial charge on any atom is -0.478 e. The van der Waals surface area contributed by atoms with Gasteiger partial charge in [0.15, 0.2) is 5.60 Å². The van der Waals surface area contributed by atoms with Gasteiger partial charge < -0.3 is 9.64 Å². The van der Waals surface area contributed by atoms with Crippen molar-refractivity contribution in [2.75, 3.05) is 16.8 Å². The summed E-state index contributed by atoms with van der Waals surface area (Å²) in [6.45, 7) is 5.90. The highest BCUT2D eigenvalue weighted by molar-refractivity contribution is 7.15. The zero-order valence-corrected chi connectivity index (χ0v) is 19.5. The van der Waals surface area contributed by atoms with Crippen molar-refractivity contribution < 1.29 is 14.3 Å². The van der Waals surface area contributed by atoms with Crippen molar-refractivity contribution in [1.29, 1.82) is 0 Å². The SMILES string of the molecule is Cc1ccc(N2CC(c3nnc(NC(=O)C(C)(C)Oc4ccc(Cl)cc4)s3)CC2=O)cc1. The second-order valence-electron chi connectivity index (χ2n) is 8.21. The Balaban J connectivity index is 1.40. The van der Waals surface area contributed by atoms with Gasteiger partial charge >= 0.3 is 0 Å². The van der Waals surface area contributed by atoms with Crippen LogP contribution >= 0.6 is 22.9 Å². The smallest absolute Gasteiger partial charge is 0.269 e. The van der Waals surface area contributed by atoms with Crippen molar-refractivity contribution in [1.82, 2.24) is 10.2 Å². The highest BCUT2D eigenvalue weighted by Gasteiger charge is 2.35. The van der Waals surface area contributed by atoms with E-state index in [0.29, 0.717) is 28.9 Å². The summed E-state index contributed by atoms with van der Waals surface area (Å²) < 4.78 is 5.82. The van der Waals surface area contributed by atoms with Gasteiger partial charge in [-0.25, -0.2) is 0 Å². The van der Waals surface area contributed by atoms with Crippen molar-refractivity contribution in [3.05, 3.63) is 64.1 Å². The number of carbonyl (C=O) groups is 2. The van der Waals surface area contributed by atoms with Crippen LogP contribution in [0.15, 0.2) is 48.5 Å². The molecule has 7 nitrogen and oxygen atoms in total. The largest absolute Gasteiger partial charge is 0.478 e. The van der Waals surface area contributed by atoms with Gasteiger partial charge in [-0.1, -0.05) is 40.6 Å². The Hall–Kier alpha value is -2.97. The van der Waals surface area contributed by atoms with E-state index in [1.807, 2.05) is 31.2 Å². The van der Waals surface area contributed by atoms with E-state index in [2.05, 4.69) is 15.5 Å². The van der Waals surface area contributed by atoms with E-state index < -0.39 is 5.60 Å². The molecule has 0 saturated carbocycles. The van der Waals surface area contributed by atoms with E-state index in [4.69, 9.17) is 16.3 Å². The molecule has 1 unspecified atom stereocenters. The van der Waals surface area contributed by atoms with Gasteiger partial charge in [0.1, 0.15) is 10.8 Å². The summed E-state index contributed by atoms with van der Waals surface area (Å²) in [5.74, 6) is 0.175. The fraction of sp³-hybridized carbons (Fsp3) is 0.304. The Morgan fingerprint density at radius 1 is 1.16 bits per heavy atom. The maximum atomic E-state index is 12.8. The van der Waals surface area contributed by atoms with Crippen LogP contribution in [0, 0.1) is 6.92 Å². The first-order valence-corrected chi connectivity index (χ1v) is 11.4. The number of ether oxygens (including phenoxy) is 1. The molecule has 4 rings (SSSR count). The monoisotopic (exact) mass is 470 g/mol. The Labute approximate surface area is 195 Å². The lowest BCUT2D eigenvalue weighted by Gasteiger charge is -2.24. The number of hydrogen-bond donors (Lipinski definition) is 1. The van der Waals surface area contributed by atoms with Crippen LogP contribution in [0.1, 0.15) is 36.8 Å². The van der Waals surface area contributed by atoms with E-state index in [9.17, 15) is 9.59 Å². The van der Waals surface area contributed by atoms with E-state index in [0.717, 1.165) is 16.3 Å². The van der Waals surface area contributed by atoms with Crippen molar-refractivity contribution >= 4 is 45.6 Å². The molecule has 1 aliphatic rings. The third-order valence-electron chi connectivity index (χ3n) is 5.21. The molecule has 1 N–H and O–H groups in total. The number of nitrogens with one attached hydrogen (secondary N) is 1. The van der Waals surface area contributed by atoms with E-state index in [-0.39, 0.29) is 17.7 Å². The molecular weight excluding hydrogens is 448 g/mol. The van der Waals surface area contributed by atoms with Crippen molar-refractivity contribution in [2.24, 2.45) is 0 Å². The molecule has 1 aromatic heterocycles. The third kappa shape index (κ3) is 4.92. The number of aryl methyl sites for hydroxylation is 1. The molecule has 0 bridgehead atoms. The molecule has 166 valence electrons. The topological polar surface area (TPSA) is 84.4 Å². The average Bonchev–Trinajstić information content (AvgIpc) is 3.37. The molecule has 2 amide bonds. The Kier molecular flexibility index (Phi) is 6.17. The molecule has 9 heteroatoms. The van der Waals surface area contributed by atoms with Gasteiger partial charge in [0, 0.05) is 29.6 Å². The maximum Gasteiger partial charge on any atom is 0.269 e. The summed E-state index contributed by atoms with van der Waals surface area (Å²) in [5, 5.41) is 12.8. The predicted octanol–water partition coefficient (Wildman–Crippen LogP) is 4.82. The van der Waals surface area contributed by atoms with Gasteiger partial charge in [0.05, 0.1) is 0 Å². The summed E-state index contributed by atoms with van der Waals surface area (Å²) in [4.78, 5) is 27.1. The molecule has 0 spiro atoms. The second-order valence-corrected chi connectivity index (χ2v) is 9.65. The zero-order chi connectivity index (χ0) is 22.9. The van der Waals surface area contributed by atoms with Crippen LogP contribution in [-0.4, -0.2) is 34.2 Å². The zero-order valence-electron chi connectivity index (χ0n) is 18.0. The molecule has 0 aliphatic carbocycles. The molecule has 1 saturated heterocycles.